The Morgan fingerprint density at radius 2 is 2.33 bits per heavy atom. The average Bonchev–Trinajstić information content (AvgIpc) is 3.32. The molecule has 0 bridgehead atoms. The first kappa shape index (κ1) is 14.8. The second-order valence-corrected chi connectivity index (χ2v) is 6.33. The standard InChI is InChI=1S/C17H18N6O/c18-5-3-15(11-1-2-13(24)7-11)23-9-12(8-22-23)16-14-4-6-19-17(14)21-10-20-16/h4,6,8-11,13,15,24H,1-3,7H2,(H,19,20,21). The predicted molar refractivity (Wildman–Crippen MR) is 87.7 cm³/mol. The van der Waals surface area contributed by atoms with Crippen molar-refractivity contribution in [3.05, 3.63) is 31.0 Å². The second kappa shape index (κ2) is 6.06. The Hall–Kier alpha value is -2.72. The number of aromatic nitrogens is 5. The number of H-pyrrole nitrogens is 1. The van der Waals surface area contributed by atoms with E-state index < -0.39 is 0 Å². The highest BCUT2D eigenvalue weighted by Gasteiger charge is 2.31. The van der Waals surface area contributed by atoms with Gasteiger partial charge in [-0.05, 0) is 31.2 Å². The first-order chi connectivity index (χ1) is 11.8. The van der Waals surface area contributed by atoms with E-state index in [0.29, 0.717) is 6.42 Å². The number of fused-ring (bicyclic) bond motifs is 1. The van der Waals surface area contributed by atoms with Crippen LogP contribution < -0.4 is 0 Å². The maximum Gasteiger partial charge on any atom is 0.141 e. The molecule has 1 saturated carbocycles. The first-order valence-corrected chi connectivity index (χ1v) is 8.14. The van der Waals surface area contributed by atoms with Gasteiger partial charge in [0.05, 0.1) is 36.5 Å². The third kappa shape index (κ3) is 2.55. The van der Waals surface area contributed by atoms with Gasteiger partial charge in [-0.2, -0.15) is 10.4 Å². The van der Waals surface area contributed by atoms with Crippen molar-refractivity contribution in [1.82, 2.24) is 24.7 Å². The molecular formula is C17H18N6O. The molecule has 3 aromatic heterocycles. The summed E-state index contributed by atoms with van der Waals surface area (Å²) in [5.74, 6) is 0.282. The van der Waals surface area contributed by atoms with Gasteiger partial charge >= 0.3 is 0 Å². The van der Waals surface area contributed by atoms with E-state index in [9.17, 15) is 10.4 Å². The van der Waals surface area contributed by atoms with Gasteiger partial charge in [0.15, 0.2) is 0 Å². The Kier molecular flexibility index (Phi) is 3.75. The molecule has 3 unspecified atom stereocenters. The summed E-state index contributed by atoms with van der Waals surface area (Å²) in [6.07, 6.45) is 9.70. The molecule has 0 aromatic carbocycles. The predicted octanol–water partition coefficient (Wildman–Crippen LogP) is 2.44. The lowest BCUT2D eigenvalue weighted by Crippen LogP contribution is -2.18. The summed E-state index contributed by atoms with van der Waals surface area (Å²) in [7, 11) is 0. The fourth-order valence-corrected chi connectivity index (χ4v) is 3.65. The molecule has 0 saturated heterocycles. The highest BCUT2D eigenvalue weighted by Crippen LogP contribution is 2.36. The molecule has 7 nitrogen and oxygen atoms in total. The minimum Gasteiger partial charge on any atom is -0.393 e. The van der Waals surface area contributed by atoms with Crippen molar-refractivity contribution in [1.29, 1.82) is 5.26 Å². The molecule has 1 fully saturated rings. The smallest absolute Gasteiger partial charge is 0.141 e. The van der Waals surface area contributed by atoms with Crippen molar-refractivity contribution in [2.45, 2.75) is 37.8 Å². The van der Waals surface area contributed by atoms with Crippen LogP contribution in [0.5, 0.6) is 0 Å². The molecule has 3 heterocycles. The molecule has 7 heteroatoms. The SMILES string of the molecule is N#CCC(C1CCC(O)C1)n1cc(-c2ncnc3[nH]ccc23)cn1. The van der Waals surface area contributed by atoms with Crippen molar-refractivity contribution in [2.75, 3.05) is 0 Å². The molecule has 4 rings (SSSR count). The molecule has 122 valence electrons. The molecule has 0 radical (unpaired) electrons. The molecule has 0 amide bonds. The molecule has 1 aliphatic rings. The molecule has 0 aliphatic heterocycles. The lowest BCUT2D eigenvalue weighted by molar-refractivity contribution is 0.170. The third-order valence-corrected chi connectivity index (χ3v) is 4.86. The number of nitrogens with one attached hydrogen (secondary N) is 1. The monoisotopic (exact) mass is 322 g/mol. The van der Waals surface area contributed by atoms with Crippen LogP contribution in [0.25, 0.3) is 22.3 Å². The third-order valence-electron chi connectivity index (χ3n) is 4.86. The molecule has 1 aliphatic carbocycles. The zero-order chi connectivity index (χ0) is 16.5. The number of hydrogen-bond donors (Lipinski definition) is 2. The van der Waals surface area contributed by atoms with Crippen LogP contribution in [0.2, 0.25) is 0 Å². The van der Waals surface area contributed by atoms with E-state index in [1.807, 2.05) is 23.1 Å². The summed E-state index contributed by atoms with van der Waals surface area (Å²) in [6, 6.07) is 4.20. The molecule has 3 aromatic rings. The van der Waals surface area contributed by atoms with Crippen LogP contribution in [-0.4, -0.2) is 35.9 Å². The first-order valence-electron chi connectivity index (χ1n) is 8.14. The highest BCUT2D eigenvalue weighted by molar-refractivity contribution is 5.89. The van der Waals surface area contributed by atoms with Gasteiger partial charge in [0.1, 0.15) is 12.0 Å². The van der Waals surface area contributed by atoms with E-state index in [0.717, 1.165) is 41.6 Å². The van der Waals surface area contributed by atoms with Gasteiger partial charge in [-0.25, -0.2) is 9.97 Å². The van der Waals surface area contributed by atoms with Gasteiger partial charge in [-0.3, -0.25) is 4.68 Å². The van der Waals surface area contributed by atoms with E-state index in [1.165, 1.54) is 6.33 Å². The summed E-state index contributed by atoms with van der Waals surface area (Å²) < 4.78 is 1.86. The number of hydrogen-bond acceptors (Lipinski definition) is 5. The van der Waals surface area contributed by atoms with Crippen molar-refractivity contribution in [3.63, 3.8) is 0 Å². The van der Waals surface area contributed by atoms with Crippen molar-refractivity contribution in [3.8, 4) is 17.3 Å². The summed E-state index contributed by atoms with van der Waals surface area (Å²) >= 11 is 0. The van der Waals surface area contributed by atoms with Crippen LogP contribution in [0.1, 0.15) is 31.7 Å². The van der Waals surface area contributed by atoms with Gasteiger partial charge in [0, 0.05) is 23.3 Å². The average molecular weight is 322 g/mol. The molecule has 2 N–H and O–H groups in total. The summed E-state index contributed by atoms with van der Waals surface area (Å²) in [6.45, 7) is 0. The Labute approximate surface area is 139 Å². The summed E-state index contributed by atoms with van der Waals surface area (Å²) in [4.78, 5) is 11.7. The minimum absolute atomic E-state index is 0.00977. The molecule has 3 atom stereocenters. The number of nitriles is 1. The maximum absolute atomic E-state index is 9.81. The fourth-order valence-electron chi connectivity index (χ4n) is 3.65. The zero-order valence-electron chi connectivity index (χ0n) is 13.1. The van der Waals surface area contributed by atoms with Crippen molar-refractivity contribution >= 4 is 11.0 Å². The second-order valence-electron chi connectivity index (χ2n) is 6.33. The Balaban J connectivity index is 1.68. The van der Waals surface area contributed by atoms with E-state index in [-0.39, 0.29) is 18.1 Å². The largest absolute Gasteiger partial charge is 0.393 e. The number of aliphatic hydroxyl groups is 1. The normalized spacial score (nSPS) is 21.8. The van der Waals surface area contributed by atoms with Crippen LogP contribution >= 0.6 is 0 Å². The van der Waals surface area contributed by atoms with Gasteiger partial charge in [-0.15, -0.1) is 0 Å². The lowest BCUT2D eigenvalue weighted by Gasteiger charge is -2.21. The molecule has 24 heavy (non-hydrogen) atoms. The van der Waals surface area contributed by atoms with Gasteiger partial charge in [0.2, 0.25) is 0 Å². The van der Waals surface area contributed by atoms with E-state index >= 15 is 0 Å². The number of aliphatic hydroxyl groups excluding tert-OH is 1. The van der Waals surface area contributed by atoms with Crippen molar-refractivity contribution < 1.29 is 5.11 Å². The van der Waals surface area contributed by atoms with Crippen LogP contribution in [-0.2, 0) is 0 Å². The fraction of sp³-hybridized carbons (Fsp3) is 0.412. The number of rotatable bonds is 4. The van der Waals surface area contributed by atoms with E-state index in [2.05, 4.69) is 26.1 Å². The van der Waals surface area contributed by atoms with Crippen LogP contribution in [0, 0.1) is 17.2 Å². The molecular weight excluding hydrogens is 304 g/mol. The highest BCUT2D eigenvalue weighted by atomic mass is 16.3. The van der Waals surface area contributed by atoms with Crippen LogP contribution in [0.4, 0.5) is 0 Å². The van der Waals surface area contributed by atoms with E-state index in [4.69, 9.17) is 0 Å². The Morgan fingerprint density at radius 1 is 1.42 bits per heavy atom. The lowest BCUT2D eigenvalue weighted by atomic mass is 9.96. The summed E-state index contributed by atoms with van der Waals surface area (Å²) in [5.41, 5.74) is 2.53. The Morgan fingerprint density at radius 3 is 3.12 bits per heavy atom. The van der Waals surface area contributed by atoms with Crippen LogP contribution in [0.3, 0.4) is 0 Å². The van der Waals surface area contributed by atoms with Gasteiger partial charge < -0.3 is 10.1 Å². The van der Waals surface area contributed by atoms with Crippen molar-refractivity contribution in [2.24, 2.45) is 5.92 Å². The van der Waals surface area contributed by atoms with E-state index in [1.54, 1.807) is 6.20 Å². The van der Waals surface area contributed by atoms with Crippen LogP contribution in [0.15, 0.2) is 31.0 Å². The summed E-state index contributed by atoms with van der Waals surface area (Å²) in [5, 5.41) is 24.4. The minimum atomic E-state index is -0.257. The van der Waals surface area contributed by atoms with Gasteiger partial charge in [-0.1, -0.05) is 0 Å². The maximum atomic E-state index is 9.81. The number of nitrogens with zero attached hydrogens (tertiary/aromatic N) is 5. The Bertz CT molecular complexity index is 892. The zero-order valence-corrected chi connectivity index (χ0v) is 13.1. The van der Waals surface area contributed by atoms with Gasteiger partial charge in [0.25, 0.3) is 0 Å². The topological polar surface area (TPSA) is 103 Å². The quantitative estimate of drug-likeness (QED) is 0.768. The number of aromatic amines is 1. The molecule has 0 spiro atoms.